The zero-order valence-corrected chi connectivity index (χ0v) is 57.9. The number of pyridine rings is 5. The molecule has 0 aliphatic rings. The molecule has 16 nitrogen and oxygen atoms in total. The Morgan fingerprint density at radius 3 is 1.25 bits per heavy atom. The van der Waals surface area contributed by atoms with Crippen molar-refractivity contribution < 1.29 is 17.6 Å². The minimum absolute atomic E-state index is 0.0871. The minimum atomic E-state index is -4.34. The van der Waals surface area contributed by atoms with Crippen LogP contribution in [0.15, 0.2) is 165 Å². The van der Waals surface area contributed by atoms with E-state index in [-0.39, 0.29) is 5.92 Å². The number of aromatic nitrogens is 13. The Kier molecular flexibility index (Phi) is 39.4. The van der Waals surface area contributed by atoms with E-state index in [9.17, 15) is 17.6 Å². The van der Waals surface area contributed by atoms with Gasteiger partial charge in [-0.1, -0.05) is 149 Å². The molecule has 0 aromatic carbocycles. The summed E-state index contributed by atoms with van der Waals surface area (Å²) < 4.78 is 48.9. The molecule has 0 spiro atoms. The average molecular weight is 1280 g/mol. The molecular weight excluding hydrogens is 1180 g/mol. The Bertz CT molecular complexity index is 3220. The van der Waals surface area contributed by atoms with Crippen LogP contribution in [-0.4, -0.2) is 71.0 Å². The molecule has 0 amide bonds. The Balaban J connectivity index is 0.000000519. The lowest BCUT2D eigenvalue weighted by atomic mass is 10.0. The first-order valence-corrected chi connectivity index (χ1v) is 31.7. The molecule has 0 unspecified atom stereocenters. The van der Waals surface area contributed by atoms with E-state index in [1.165, 1.54) is 35.2 Å². The third kappa shape index (κ3) is 35.6. The van der Waals surface area contributed by atoms with Crippen molar-refractivity contribution in [2.75, 3.05) is 17.7 Å². The summed E-state index contributed by atoms with van der Waals surface area (Å²) in [4.78, 5) is 51.0. The van der Waals surface area contributed by atoms with Gasteiger partial charge in [0, 0.05) is 80.1 Å². The number of nitriles is 1. The summed E-state index contributed by atoms with van der Waals surface area (Å²) >= 11 is 1.57. The van der Waals surface area contributed by atoms with Gasteiger partial charge >= 0.3 is 6.18 Å². The Morgan fingerprint density at radius 2 is 0.870 bits per heavy atom. The van der Waals surface area contributed by atoms with Crippen LogP contribution in [0, 0.1) is 17.3 Å². The van der Waals surface area contributed by atoms with Crippen molar-refractivity contribution in [1.29, 1.82) is 5.26 Å². The van der Waals surface area contributed by atoms with Crippen LogP contribution in [-0.2, 0) is 6.18 Å². The van der Waals surface area contributed by atoms with E-state index in [0.717, 1.165) is 39.4 Å². The Labute approximate surface area is 549 Å². The molecule has 0 saturated heterocycles. The van der Waals surface area contributed by atoms with Gasteiger partial charge in [-0.2, -0.15) is 22.8 Å². The Hall–Kier alpha value is -8.77. The SMILES string of the molecule is CC(C)c1ccc(N)nc1.CC(C)c1ccccn1.CC(C)c1ccnc(C#N)c1.CC(C)c1ccnc(C(F)(F)F)c1.CC(C)c1ccnc(F)c1.CC(C)c1cnc(N)cn1.CC(C)c1cnccn1.CC(C)c1cncnc1.CSc1ncc(C(C)C)cn1. The van der Waals surface area contributed by atoms with Crippen molar-refractivity contribution in [1.82, 2.24) is 64.8 Å². The zero-order valence-electron chi connectivity index (χ0n) is 57.0. The zero-order chi connectivity index (χ0) is 69.3. The second-order valence-corrected chi connectivity index (χ2v) is 24.1. The van der Waals surface area contributed by atoms with Crippen LogP contribution in [0.4, 0.5) is 29.2 Å². The summed E-state index contributed by atoms with van der Waals surface area (Å²) in [6, 6.07) is 21.6. The van der Waals surface area contributed by atoms with Crippen molar-refractivity contribution >= 4 is 23.4 Å². The summed E-state index contributed by atoms with van der Waals surface area (Å²) in [7, 11) is 0. The van der Waals surface area contributed by atoms with Gasteiger partial charge in [-0.15, -0.1) is 0 Å². The molecule has 21 heteroatoms. The molecule has 494 valence electrons. The quantitative estimate of drug-likeness (QED) is 0.0559. The minimum Gasteiger partial charge on any atom is -0.384 e. The maximum Gasteiger partial charge on any atom is 0.433 e. The number of halogens is 4. The van der Waals surface area contributed by atoms with Gasteiger partial charge in [-0.25, -0.2) is 39.9 Å². The van der Waals surface area contributed by atoms with Crippen LogP contribution in [0.5, 0.6) is 0 Å². The van der Waals surface area contributed by atoms with Crippen molar-refractivity contribution in [3.05, 3.63) is 228 Å². The maximum absolute atomic E-state index is 12.4. The molecule has 0 aliphatic carbocycles. The van der Waals surface area contributed by atoms with E-state index in [4.69, 9.17) is 16.7 Å². The van der Waals surface area contributed by atoms with Crippen LogP contribution < -0.4 is 11.5 Å². The van der Waals surface area contributed by atoms with Gasteiger partial charge in [-0.05, 0) is 147 Å². The van der Waals surface area contributed by atoms with Gasteiger partial charge < -0.3 is 11.5 Å². The van der Waals surface area contributed by atoms with Crippen LogP contribution in [0.1, 0.15) is 240 Å². The predicted octanol–water partition coefficient (Wildman–Crippen LogP) is 18.3. The molecule has 0 fully saturated rings. The summed E-state index contributed by atoms with van der Waals surface area (Å²) in [6.07, 6.45) is 23.1. The lowest BCUT2D eigenvalue weighted by molar-refractivity contribution is -0.141. The smallest absolute Gasteiger partial charge is 0.384 e. The highest BCUT2D eigenvalue weighted by Gasteiger charge is 2.32. The maximum atomic E-state index is 12.4. The molecule has 9 aromatic rings. The van der Waals surface area contributed by atoms with Crippen LogP contribution in [0.25, 0.3) is 0 Å². The van der Waals surface area contributed by atoms with E-state index in [1.807, 2.05) is 126 Å². The lowest BCUT2D eigenvalue weighted by Gasteiger charge is -2.09. The largest absolute Gasteiger partial charge is 0.433 e. The van der Waals surface area contributed by atoms with E-state index >= 15 is 0 Å². The third-order valence-corrected chi connectivity index (χ3v) is 13.3. The van der Waals surface area contributed by atoms with E-state index < -0.39 is 17.8 Å². The fourth-order valence-corrected chi connectivity index (χ4v) is 6.99. The van der Waals surface area contributed by atoms with Gasteiger partial charge in [-0.3, -0.25) is 24.9 Å². The van der Waals surface area contributed by atoms with Gasteiger partial charge in [0.2, 0.25) is 5.95 Å². The molecule has 0 aliphatic heterocycles. The average Bonchev–Trinajstić information content (AvgIpc) is 1.79. The first-order chi connectivity index (χ1) is 43.4. The number of anilines is 2. The molecule has 0 bridgehead atoms. The van der Waals surface area contributed by atoms with E-state index in [1.54, 1.807) is 61.3 Å². The predicted molar refractivity (Wildman–Crippen MR) is 366 cm³/mol. The third-order valence-electron chi connectivity index (χ3n) is 12.7. The topological polar surface area (TPSA) is 243 Å². The van der Waals surface area contributed by atoms with Crippen molar-refractivity contribution in [2.24, 2.45) is 0 Å². The number of hydrogen-bond donors (Lipinski definition) is 2. The molecule has 0 saturated carbocycles. The molecule has 4 N–H and O–H groups in total. The first-order valence-electron chi connectivity index (χ1n) is 30.5. The van der Waals surface area contributed by atoms with Gasteiger partial charge in [0.25, 0.3) is 0 Å². The number of alkyl halides is 3. The molecule has 9 aromatic heterocycles. The standard InChI is InChI=1S/C9H10F3N.C9H10N2.C8H10FN.C8H12N2S.C8H12N2.C8H11N.C7H11N3.2C7H10N2/c1-6(2)7-3-4-13-8(5-7)9(10,11)12;1-7(2)8-3-4-11-9(5-8)6-10;1-6(2)7-3-4-10-8(9)5-7;1-6(2)7-4-9-8(11-3)10-5-7;1-6(2)7-3-4-8(9)10-5-7;1-7(2)8-5-3-4-6-9-8;1-5(2)6-3-10-7(8)4-9-6;1-6(2)7-3-8-5-9-4-7;1-6(2)7-5-8-3-4-9-7/h3-6H,1-2H3;3-5,7H,1-2H3;3-6H,1-2H3;4-6H,1-3H3;3-6H,1-2H3,(H2,9,10);3-7H,1-2H3;3-5H,1-2H3,(H2,8,10);2*3-6H,1-2H3. The second kappa shape index (κ2) is 44.7. The van der Waals surface area contributed by atoms with Crippen LogP contribution in [0.2, 0.25) is 0 Å². The number of nitrogen functional groups attached to an aromatic ring is 2. The van der Waals surface area contributed by atoms with Gasteiger partial charge in [0.05, 0.1) is 23.8 Å². The molecule has 9 rings (SSSR count). The molecular formula is C71H96F4N16S. The number of rotatable bonds is 10. The fourth-order valence-electron chi connectivity index (χ4n) is 6.67. The van der Waals surface area contributed by atoms with Crippen LogP contribution >= 0.6 is 11.8 Å². The molecule has 0 atom stereocenters. The number of thioether (sulfide) groups is 1. The van der Waals surface area contributed by atoms with E-state index in [0.29, 0.717) is 70.2 Å². The summed E-state index contributed by atoms with van der Waals surface area (Å²) in [6.45, 7) is 37.3. The van der Waals surface area contributed by atoms with Crippen molar-refractivity contribution in [3.63, 3.8) is 0 Å². The fraction of sp³-hybridized carbons (Fsp3) is 0.408. The highest BCUT2D eigenvalue weighted by Crippen LogP contribution is 2.29. The highest BCUT2D eigenvalue weighted by molar-refractivity contribution is 7.98. The number of nitrogens with two attached hydrogens (primary N) is 2. The lowest BCUT2D eigenvalue weighted by Crippen LogP contribution is -2.08. The number of nitrogens with zero attached hydrogens (tertiary/aromatic N) is 14. The van der Waals surface area contributed by atoms with Gasteiger partial charge in [0.15, 0.2) is 5.16 Å². The normalized spacial score (nSPS) is 10.5. The molecule has 0 radical (unpaired) electrons. The first kappa shape index (κ1) is 81.2. The van der Waals surface area contributed by atoms with Crippen molar-refractivity contribution in [3.8, 4) is 6.07 Å². The monoisotopic (exact) mass is 1280 g/mol. The Morgan fingerprint density at radius 1 is 0.391 bits per heavy atom. The highest BCUT2D eigenvalue weighted by atomic mass is 32.2. The molecule has 9 heterocycles. The van der Waals surface area contributed by atoms with Gasteiger partial charge in [0.1, 0.15) is 35.4 Å². The second-order valence-electron chi connectivity index (χ2n) is 23.3. The van der Waals surface area contributed by atoms with Crippen molar-refractivity contribution in [2.45, 2.75) is 189 Å². The summed E-state index contributed by atoms with van der Waals surface area (Å²) in [5, 5.41) is 9.37. The van der Waals surface area contributed by atoms with E-state index in [2.05, 4.69) is 162 Å². The summed E-state index contributed by atoms with van der Waals surface area (Å²) in [5.74, 6) is 4.63. The number of hydrogen-bond acceptors (Lipinski definition) is 17. The summed E-state index contributed by atoms with van der Waals surface area (Å²) in [5.41, 5.74) is 20.1. The molecule has 92 heavy (non-hydrogen) atoms. The van der Waals surface area contributed by atoms with Crippen LogP contribution in [0.3, 0.4) is 0 Å².